The van der Waals surface area contributed by atoms with Gasteiger partial charge in [0.2, 0.25) is 5.95 Å². The third kappa shape index (κ3) is 2.48. The summed E-state index contributed by atoms with van der Waals surface area (Å²) < 4.78 is 6.66. The van der Waals surface area contributed by atoms with Gasteiger partial charge in [0.15, 0.2) is 5.82 Å². The molecule has 3 rings (SSSR count). The number of aromatic nitrogens is 3. The summed E-state index contributed by atoms with van der Waals surface area (Å²) in [5.74, 6) is 2.34. The maximum Gasteiger partial charge on any atom is 0.244 e. The quantitative estimate of drug-likeness (QED) is 0.942. The van der Waals surface area contributed by atoms with Crippen molar-refractivity contribution in [2.45, 2.75) is 13.0 Å². The van der Waals surface area contributed by atoms with E-state index in [-0.39, 0.29) is 0 Å². The van der Waals surface area contributed by atoms with Gasteiger partial charge in [0.05, 0.1) is 0 Å². The number of H-pyrrole nitrogens is 1. The smallest absolute Gasteiger partial charge is 0.244 e. The van der Waals surface area contributed by atoms with E-state index in [9.17, 15) is 0 Å². The molecular formula is C12H13BrN4O. The van der Waals surface area contributed by atoms with Crippen LogP contribution in [0.25, 0.3) is 0 Å². The van der Waals surface area contributed by atoms with Crippen molar-refractivity contribution in [1.82, 2.24) is 15.2 Å². The molecule has 94 valence electrons. The molecule has 1 aromatic carbocycles. The fourth-order valence-electron chi connectivity index (χ4n) is 1.69. The molecule has 0 atom stereocenters. The lowest BCUT2D eigenvalue weighted by Crippen LogP contribution is -2.37. The molecule has 1 saturated heterocycles. The zero-order valence-electron chi connectivity index (χ0n) is 9.77. The minimum absolute atomic E-state index is 0.405. The van der Waals surface area contributed by atoms with E-state index in [1.807, 2.05) is 24.3 Å². The van der Waals surface area contributed by atoms with Gasteiger partial charge in [-0.2, -0.15) is 4.98 Å². The second kappa shape index (κ2) is 4.97. The van der Waals surface area contributed by atoms with E-state index in [0.717, 1.165) is 35.1 Å². The molecule has 1 N–H and O–H groups in total. The fraction of sp³-hybridized carbons (Fsp3) is 0.333. The van der Waals surface area contributed by atoms with Crippen molar-refractivity contribution >= 4 is 21.9 Å². The van der Waals surface area contributed by atoms with Gasteiger partial charge in [0.25, 0.3) is 0 Å². The Labute approximate surface area is 113 Å². The number of nitrogens with one attached hydrogen (secondary N) is 1. The number of anilines is 1. The van der Waals surface area contributed by atoms with Crippen LogP contribution in [-0.2, 0) is 6.61 Å². The van der Waals surface area contributed by atoms with Gasteiger partial charge in [-0.25, -0.2) is 0 Å². The third-order valence-corrected chi connectivity index (χ3v) is 3.38. The summed E-state index contributed by atoms with van der Waals surface area (Å²) in [5.41, 5.74) is 0. The maximum absolute atomic E-state index is 5.62. The Morgan fingerprint density at radius 1 is 1.28 bits per heavy atom. The van der Waals surface area contributed by atoms with Crippen molar-refractivity contribution in [3.8, 4) is 5.75 Å². The molecule has 0 bridgehead atoms. The highest BCUT2D eigenvalue weighted by atomic mass is 79.9. The first-order chi connectivity index (χ1) is 8.81. The first-order valence-electron chi connectivity index (χ1n) is 5.86. The second-order valence-electron chi connectivity index (χ2n) is 4.17. The molecule has 0 unspecified atom stereocenters. The predicted molar refractivity (Wildman–Crippen MR) is 71.7 cm³/mol. The summed E-state index contributed by atoms with van der Waals surface area (Å²) >= 11 is 3.39. The standard InChI is InChI=1S/C12H13BrN4O/c13-9-2-4-10(5-3-9)18-8-11-14-12(16-15-11)17-6-1-7-17/h2-5H,1,6-8H2,(H,14,15,16). The second-order valence-corrected chi connectivity index (χ2v) is 5.08. The Morgan fingerprint density at radius 2 is 2.06 bits per heavy atom. The van der Waals surface area contributed by atoms with Crippen molar-refractivity contribution in [3.63, 3.8) is 0 Å². The molecule has 2 heterocycles. The van der Waals surface area contributed by atoms with E-state index < -0.39 is 0 Å². The molecule has 2 aromatic rings. The van der Waals surface area contributed by atoms with E-state index >= 15 is 0 Å². The monoisotopic (exact) mass is 308 g/mol. The molecule has 0 radical (unpaired) electrons. The van der Waals surface area contributed by atoms with Crippen molar-refractivity contribution in [2.75, 3.05) is 18.0 Å². The van der Waals surface area contributed by atoms with Gasteiger partial charge >= 0.3 is 0 Å². The number of aromatic amines is 1. The Hall–Kier alpha value is -1.56. The highest BCUT2D eigenvalue weighted by molar-refractivity contribution is 9.10. The van der Waals surface area contributed by atoms with Crippen LogP contribution in [-0.4, -0.2) is 28.3 Å². The van der Waals surface area contributed by atoms with Crippen LogP contribution in [0.1, 0.15) is 12.2 Å². The van der Waals surface area contributed by atoms with Crippen LogP contribution in [0.3, 0.4) is 0 Å². The van der Waals surface area contributed by atoms with E-state index in [1.54, 1.807) is 0 Å². The molecule has 1 aliphatic heterocycles. The number of halogens is 1. The molecule has 0 saturated carbocycles. The molecule has 1 aromatic heterocycles. The van der Waals surface area contributed by atoms with Crippen molar-refractivity contribution in [3.05, 3.63) is 34.6 Å². The zero-order chi connectivity index (χ0) is 12.4. The summed E-state index contributed by atoms with van der Waals surface area (Å²) in [4.78, 5) is 6.53. The number of hydrogen-bond acceptors (Lipinski definition) is 4. The topological polar surface area (TPSA) is 54.0 Å². The molecule has 0 aliphatic carbocycles. The summed E-state index contributed by atoms with van der Waals surface area (Å²) in [6, 6.07) is 7.72. The summed E-state index contributed by atoms with van der Waals surface area (Å²) in [6.45, 7) is 2.50. The highest BCUT2D eigenvalue weighted by Gasteiger charge is 2.18. The minimum Gasteiger partial charge on any atom is -0.486 e. The number of ether oxygens (including phenoxy) is 1. The third-order valence-electron chi connectivity index (χ3n) is 2.85. The van der Waals surface area contributed by atoms with Crippen LogP contribution in [0, 0.1) is 0 Å². The molecular weight excluding hydrogens is 296 g/mol. The lowest BCUT2D eigenvalue weighted by atomic mass is 10.2. The van der Waals surface area contributed by atoms with E-state index in [0.29, 0.717) is 6.61 Å². The Morgan fingerprint density at radius 3 is 2.72 bits per heavy atom. The van der Waals surface area contributed by atoms with Gasteiger partial charge in [-0.3, -0.25) is 5.10 Å². The number of nitrogens with zero attached hydrogens (tertiary/aromatic N) is 3. The lowest BCUT2D eigenvalue weighted by molar-refractivity contribution is 0.296. The largest absolute Gasteiger partial charge is 0.486 e. The van der Waals surface area contributed by atoms with Gasteiger partial charge in [0.1, 0.15) is 12.4 Å². The highest BCUT2D eigenvalue weighted by Crippen LogP contribution is 2.18. The average molecular weight is 309 g/mol. The van der Waals surface area contributed by atoms with Crippen molar-refractivity contribution in [1.29, 1.82) is 0 Å². The Balaban J connectivity index is 1.59. The van der Waals surface area contributed by atoms with Crippen LogP contribution in [0.15, 0.2) is 28.7 Å². The normalized spacial score (nSPS) is 14.4. The number of benzene rings is 1. The van der Waals surface area contributed by atoms with E-state index in [1.165, 1.54) is 6.42 Å². The first-order valence-corrected chi connectivity index (χ1v) is 6.65. The van der Waals surface area contributed by atoms with E-state index in [2.05, 4.69) is 36.0 Å². The maximum atomic E-state index is 5.62. The van der Waals surface area contributed by atoms with Crippen molar-refractivity contribution < 1.29 is 4.74 Å². The van der Waals surface area contributed by atoms with Gasteiger partial charge in [-0.1, -0.05) is 15.9 Å². The van der Waals surface area contributed by atoms with Crippen LogP contribution in [0.2, 0.25) is 0 Å². The van der Waals surface area contributed by atoms with Crippen LogP contribution < -0.4 is 9.64 Å². The Bertz CT molecular complexity index is 521. The molecule has 5 nitrogen and oxygen atoms in total. The molecule has 18 heavy (non-hydrogen) atoms. The van der Waals surface area contributed by atoms with Gasteiger partial charge in [-0.15, -0.1) is 5.10 Å². The average Bonchev–Trinajstić information content (AvgIpc) is 2.75. The number of hydrogen-bond donors (Lipinski definition) is 1. The molecule has 0 amide bonds. The van der Waals surface area contributed by atoms with Gasteiger partial charge in [0, 0.05) is 17.6 Å². The summed E-state index contributed by atoms with van der Waals surface area (Å²) in [6.07, 6.45) is 1.22. The van der Waals surface area contributed by atoms with Crippen LogP contribution >= 0.6 is 15.9 Å². The summed E-state index contributed by atoms with van der Waals surface area (Å²) in [7, 11) is 0. The number of rotatable bonds is 4. The molecule has 1 aliphatic rings. The summed E-state index contributed by atoms with van der Waals surface area (Å²) in [5, 5.41) is 7.07. The first kappa shape index (κ1) is 11.5. The van der Waals surface area contributed by atoms with Crippen LogP contribution in [0.4, 0.5) is 5.95 Å². The fourth-order valence-corrected chi connectivity index (χ4v) is 1.95. The van der Waals surface area contributed by atoms with Gasteiger partial charge in [-0.05, 0) is 30.7 Å². The van der Waals surface area contributed by atoms with E-state index in [4.69, 9.17) is 4.74 Å². The SMILES string of the molecule is Brc1ccc(OCc2nc(N3CCC3)n[nH]2)cc1. The predicted octanol–water partition coefficient (Wildman–Crippen LogP) is 2.36. The van der Waals surface area contributed by atoms with Crippen LogP contribution in [0.5, 0.6) is 5.75 Å². The molecule has 6 heteroatoms. The Kier molecular flexibility index (Phi) is 3.19. The zero-order valence-corrected chi connectivity index (χ0v) is 11.4. The lowest BCUT2D eigenvalue weighted by Gasteiger charge is -2.29. The molecule has 1 fully saturated rings. The minimum atomic E-state index is 0.405. The van der Waals surface area contributed by atoms with Gasteiger partial charge < -0.3 is 9.64 Å². The van der Waals surface area contributed by atoms with Crippen molar-refractivity contribution in [2.24, 2.45) is 0 Å². The molecule has 0 spiro atoms.